The number of aryl methyl sites for hydroxylation is 1. The van der Waals surface area contributed by atoms with Gasteiger partial charge in [0.05, 0.1) is 0 Å². The van der Waals surface area contributed by atoms with E-state index in [2.05, 4.69) is 31.9 Å². The summed E-state index contributed by atoms with van der Waals surface area (Å²) in [5.74, 6) is -0.518. The molecule has 1 radical (unpaired) electrons. The van der Waals surface area contributed by atoms with Crippen molar-refractivity contribution < 1.29 is 4.79 Å². The SMILES string of the molecule is [NH]C(=O)CCc1cc(Br)cc(Br)c1. The van der Waals surface area contributed by atoms with Gasteiger partial charge in [-0.3, -0.25) is 10.5 Å². The molecule has 13 heavy (non-hydrogen) atoms. The number of amides is 1. The molecule has 1 amide bonds. The van der Waals surface area contributed by atoms with Gasteiger partial charge in [-0.1, -0.05) is 31.9 Å². The van der Waals surface area contributed by atoms with Crippen molar-refractivity contribution in [2.75, 3.05) is 0 Å². The summed E-state index contributed by atoms with van der Waals surface area (Å²) in [5.41, 5.74) is 7.83. The predicted molar refractivity (Wildman–Crippen MR) is 58.3 cm³/mol. The van der Waals surface area contributed by atoms with Crippen molar-refractivity contribution in [2.24, 2.45) is 0 Å². The summed E-state index contributed by atoms with van der Waals surface area (Å²) in [4.78, 5) is 10.4. The molecule has 0 saturated heterocycles. The Balaban J connectivity index is 2.71. The van der Waals surface area contributed by atoms with E-state index in [4.69, 9.17) is 5.73 Å². The van der Waals surface area contributed by atoms with Crippen molar-refractivity contribution in [3.05, 3.63) is 32.7 Å². The summed E-state index contributed by atoms with van der Waals surface area (Å²) in [5, 5.41) is 0. The van der Waals surface area contributed by atoms with Gasteiger partial charge in [-0.25, -0.2) is 0 Å². The minimum absolute atomic E-state index is 0.281. The summed E-state index contributed by atoms with van der Waals surface area (Å²) in [6, 6.07) is 5.84. The zero-order chi connectivity index (χ0) is 9.84. The summed E-state index contributed by atoms with van der Waals surface area (Å²) >= 11 is 6.72. The summed E-state index contributed by atoms with van der Waals surface area (Å²) in [6.45, 7) is 0. The minimum atomic E-state index is -0.518. The van der Waals surface area contributed by atoms with E-state index < -0.39 is 5.91 Å². The Morgan fingerprint density at radius 2 is 1.77 bits per heavy atom. The van der Waals surface area contributed by atoms with Crippen LogP contribution in [0.1, 0.15) is 12.0 Å². The fourth-order valence-electron chi connectivity index (χ4n) is 1.01. The van der Waals surface area contributed by atoms with Crippen molar-refractivity contribution in [1.29, 1.82) is 0 Å². The van der Waals surface area contributed by atoms with Crippen LogP contribution < -0.4 is 5.73 Å². The summed E-state index contributed by atoms with van der Waals surface area (Å²) < 4.78 is 1.96. The molecule has 0 atom stereocenters. The van der Waals surface area contributed by atoms with E-state index in [1.807, 2.05) is 18.2 Å². The van der Waals surface area contributed by atoms with Gasteiger partial charge in [0.2, 0.25) is 5.91 Å². The van der Waals surface area contributed by atoms with Crippen LogP contribution >= 0.6 is 31.9 Å². The molecule has 0 bridgehead atoms. The van der Waals surface area contributed by atoms with Crippen molar-refractivity contribution in [2.45, 2.75) is 12.8 Å². The van der Waals surface area contributed by atoms with Gasteiger partial charge in [-0.15, -0.1) is 0 Å². The van der Waals surface area contributed by atoms with Gasteiger partial charge in [0.25, 0.3) is 0 Å². The first-order valence-corrected chi connectivity index (χ1v) is 5.36. The monoisotopic (exact) mass is 304 g/mol. The molecule has 0 aromatic heterocycles. The van der Waals surface area contributed by atoms with Gasteiger partial charge in [0.15, 0.2) is 0 Å². The highest BCUT2D eigenvalue weighted by Gasteiger charge is 2.00. The van der Waals surface area contributed by atoms with Crippen LogP contribution in [0.4, 0.5) is 0 Å². The molecule has 1 rings (SSSR count). The third-order valence-corrected chi connectivity index (χ3v) is 2.48. The largest absolute Gasteiger partial charge is 0.273 e. The lowest BCUT2D eigenvalue weighted by Gasteiger charge is -2.00. The van der Waals surface area contributed by atoms with E-state index >= 15 is 0 Å². The number of carbonyl (C=O) groups excluding carboxylic acids is 1. The second-order valence-electron chi connectivity index (χ2n) is 2.70. The van der Waals surface area contributed by atoms with E-state index in [9.17, 15) is 4.79 Å². The van der Waals surface area contributed by atoms with Crippen LogP contribution in [0, 0.1) is 0 Å². The summed E-state index contributed by atoms with van der Waals surface area (Å²) in [6.07, 6.45) is 0.906. The third kappa shape index (κ3) is 3.91. The summed E-state index contributed by atoms with van der Waals surface area (Å²) in [7, 11) is 0. The Morgan fingerprint density at radius 1 is 1.23 bits per heavy atom. The lowest BCUT2D eigenvalue weighted by molar-refractivity contribution is -0.118. The molecule has 0 saturated carbocycles. The first kappa shape index (κ1) is 10.7. The quantitative estimate of drug-likeness (QED) is 0.846. The Kier molecular flexibility index (Phi) is 3.93. The molecule has 0 fully saturated rings. The van der Waals surface area contributed by atoms with Gasteiger partial charge in [-0.2, -0.15) is 0 Å². The smallest absolute Gasteiger partial charge is 0.238 e. The highest BCUT2D eigenvalue weighted by atomic mass is 79.9. The highest BCUT2D eigenvalue weighted by molar-refractivity contribution is 9.11. The minimum Gasteiger partial charge on any atom is -0.273 e. The van der Waals surface area contributed by atoms with Gasteiger partial charge in [0, 0.05) is 15.4 Å². The lowest BCUT2D eigenvalue weighted by atomic mass is 10.1. The van der Waals surface area contributed by atoms with Gasteiger partial charge < -0.3 is 0 Å². The molecule has 1 aromatic carbocycles. The van der Waals surface area contributed by atoms with Gasteiger partial charge in [0.1, 0.15) is 0 Å². The molecule has 0 aliphatic carbocycles. The average Bonchev–Trinajstić information content (AvgIpc) is 1.99. The van der Waals surface area contributed by atoms with Crippen molar-refractivity contribution in [3.63, 3.8) is 0 Å². The maximum Gasteiger partial charge on any atom is 0.238 e. The molecule has 0 aliphatic rings. The van der Waals surface area contributed by atoms with Crippen LogP contribution in [0.15, 0.2) is 27.1 Å². The molecule has 1 N–H and O–H groups in total. The number of carbonyl (C=O) groups is 1. The highest BCUT2D eigenvalue weighted by Crippen LogP contribution is 2.20. The normalized spacial score (nSPS) is 10.0. The fourth-order valence-corrected chi connectivity index (χ4v) is 2.40. The topological polar surface area (TPSA) is 40.9 Å². The lowest BCUT2D eigenvalue weighted by Crippen LogP contribution is -1.99. The number of nitrogens with one attached hydrogen (secondary N) is 1. The molecule has 1 aromatic rings. The fraction of sp³-hybridized carbons (Fsp3) is 0.222. The first-order valence-electron chi connectivity index (χ1n) is 3.77. The van der Waals surface area contributed by atoms with Gasteiger partial charge >= 0.3 is 0 Å². The van der Waals surface area contributed by atoms with Crippen LogP contribution in [0.5, 0.6) is 0 Å². The second kappa shape index (κ2) is 4.77. The molecule has 2 nitrogen and oxygen atoms in total. The molecular formula is C9H8Br2NO. The molecule has 69 valence electrons. The van der Waals surface area contributed by atoms with Crippen LogP contribution in [0.25, 0.3) is 0 Å². The maximum atomic E-state index is 10.4. The van der Waals surface area contributed by atoms with Crippen molar-refractivity contribution >= 4 is 37.8 Å². The zero-order valence-electron chi connectivity index (χ0n) is 6.81. The molecular weight excluding hydrogens is 298 g/mol. The van der Waals surface area contributed by atoms with E-state index in [1.54, 1.807) is 0 Å². The molecule has 0 aliphatic heterocycles. The van der Waals surface area contributed by atoms with E-state index in [1.165, 1.54) is 0 Å². The van der Waals surface area contributed by atoms with E-state index in [0.717, 1.165) is 14.5 Å². The molecule has 4 heteroatoms. The Labute approximate surface area is 93.8 Å². The van der Waals surface area contributed by atoms with E-state index in [-0.39, 0.29) is 6.42 Å². The van der Waals surface area contributed by atoms with E-state index in [0.29, 0.717) is 6.42 Å². The van der Waals surface area contributed by atoms with Crippen LogP contribution in [-0.2, 0) is 11.2 Å². The standard InChI is InChI=1S/C9H8Br2NO/c10-7-3-6(1-2-9(12)13)4-8(11)5-7/h3-5,12H,1-2H2. The third-order valence-electron chi connectivity index (χ3n) is 1.56. The van der Waals surface area contributed by atoms with Crippen molar-refractivity contribution in [3.8, 4) is 0 Å². The molecule has 0 spiro atoms. The molecule has 0 heterocycles. The number of benzene rings is 1. The number of halogens is 2. The Hall–Kier alpha value is -0.350. The maximum absolute atomic E-state index is 10.4. The number of hydrogen-bond acceptors (Lipinski definition) is 1. The first-order chi connectivity index (χ1) is 6.08. The van der Waals surface area contributed by atoms with Crippen LogP contribution in [0.2, 0.25) is 0 Å². The van der Waals surface area contributed by atoms with Crippen molar-refractivity contribution in [1.82, 2.24) is 5.73 Å². The predicted octanol–water partition coefficient (Wildman–Crippen LogP) is 2.95. The Bertz CT molecular complexity index is 305. The van der Waals surface area contributed by atoms with Crippen LogP contribution in [0.3, 0.4) is 0 Å². The Morgan fingerprint density at radius 3 is 2.23 bits per heavy atom. The zero-order valence-corrected chi connectivity index (χ0v) is 9.98. The van der Waals surface area contributed by atoms with Crippen LogP contribution in [-0.4, -0.2) is 5.91 Å². The molecule has 0 unspecified atom stereocenters. The number of hydrogen-bond donors (Lipinski definition) is 0. The average molecular weight is 306 g/mol. The second-order valence-corrected chi connectivity index (χ2v) is 4.53. The number of rotatable bonds is 3. The van der Waals surface area contributed by atoms with Gasteiger partial charge in [-0.05, 0) is 30.2 Å².